The monoisotopic (exact) mass is 280 g/mol. The van der Waals surface area contributed by atoms with Crippen LogP contribution in [0.5, 0.6) is 0 Å². The molecule has 19 heavy (non-hydrogen) atoms. The van der Waals surface area contributed by atoms with Gasteiger partial charge in [0, 0.05) is 13.1 Å². The van der Waals surface area contributed by atoms with E-state index in [1.807, 2.05) is 23.1 Å². The molecule has 1 amide bonds. The average molecular weight is 281 g/mol. The minimum absolute atomic E-state index is 0. The molecule has 3 rings (SSSR count). The summed E-state index contributed by atoms with van der Waals surface area (Å²) in [7, 11) is 0. The van der Waals surface area contributed by atoms with Gasteiger partial charge in [0.1, 0.15) is 0 Å². The predicted octanol–water partition coefficient (Wildman–Crippen LogP) is 1.95. The van der Waals surface area contributed by atoms with Gasteiger partial charge in [-0.3, -0.25) is 4.79 Å². The van der Waals surface area contributed by atoms with Crippen LogP contribution in [0, 0.1) is 5.92 Å². The van der Waals surface area contributed by atoms with Crippen LogP contribution in [0.2, 0.25) is 0 Å². The Kier molecular flexibility index (Phi) is 4.16. The molecule has 2 N–H and O–H groups in total. The van der Waals surface area contributed by atoms with E-state index in [4.69, 9.17) is 5.73 Å². The van der Waals surface area contributed by atoms with Crippen LogP contribution >= 0.6 is 12.4 Å². The van der Waals surface area contributed by atoms with Crippen molar-refractivity contribution in [2.24, 2.45) is 11.7 Å². The molecule has 1 aliphatic carbocycles. The molecule has 2 fully saturated rings. The Labute approximate surface area is 120 Å². The largest absolute Gasteiger partial charge is 0.342 e. The molecule has 0 radical (unpaired) electrons. The third kappa shape index (κ3) is 2.49. The summed E-state index contributed by atoms with van der Waals surface area (Å²) in [5.74, 6) is 0.824. The predicted molar refractivity (Wildman–Crippen MR) is 78.3 cm³/mol. The molecule has 1 saturated carbocycles. The van der Waals surface area contributed by atoms with E-state index in [2.05, 4.69) is 12.1 Å². The summed E-state index contributed by atoms with van der Waals surface area (Å²) in [5.41, 5.74) is 6.68. The van der Waals surface area contributed by atoms with E-state index < -0.39 is 0 Å². The van der Waals surface area contributed by atoms with Gasteiger partial charge < -0.3 is 10.6 Å². The number of amides is 1. The Bertz CT molecular complexity index is 445. The van der Waals surface area contributed by atoms with Crippen molar-refractivity contribution >= 4 is 18.3 Å². The van der Waals surface area contributed by atoms with Gasteiger partial charge in [0.2, 0.25) is 5.91 Å². The molecule has 104 valence electrons. The Morgan fingerprint density at radius 1 is 1.32 bits per heavy atom. The number of carbonyl (C=O) groups excluding carboxylic acids is 1. The summed E-state index contributed by atoms with van der Waals surface area (Å²) in [6.45, 7) is 2.43. The molecule has 4 heteroatoms. The number of hydrogen-bond acceptors (Lipinski definition) is 2. The van der Waals surface area contributed by atoms with E-state index >= 15 is 0 Å². The zero-order valence-corrected chi connectivity index (χ0v) is 11.9. The van der Waals surface area contributed by atoms with Crippen LogP contribution in [0.3, 0.4) is 0 Å². The van der Waals surface area contributed by atoms with Crippen molar-refractivity contribution in [2.45, 2.75) is 24.7 Å². The SMILES string of the molecule is Cl.NC[C@H]1CCN(C(=O)C2(c3ccccc3)CC2)C1. The minimum atomic E-state index is -0.204. The van der Waals surface area contributed by atoms with Crippen LogP contribution < -0.4 is 5.73 Å². The van der Waals surface area contributed by atoms with Crippen LogP contribution in [0.4, 0.5) is 0 Å². The van der Waals surface area contributed by atoms with Crippen LogP contribution in [0.1, 0.15) is 24.8 Å². The van der Waals surface area contributed by atoms with Crippen molar-refractivity contribution in [3.05, 3.63) is 35.9 Å². The van der Waals surface area contributed by atoms with Gasteiger partial charge in [0.15, 0.2) is 0 Å². The first-order valence-corrected chi connectivity index (χ1v) is 6.81. The first-order chi connectivity index (χ1) is 8.76. The van der Waals surface area contributed by atoms with Crippen LogP contribution in [0.15, 0.2) is 30.3 Å². The number of likely N-dealkylation sites (tertiary alicyclic amines) is 1. The van der Waals surface area contributed by atoms with E-state index in [0.717, 1.165) is 32.4 Å². The average Bonchev–Trinajstić information content (AvgIpc) is 3.10. The normalized spacial score (nSPS) is 23.8. The summed E-state index contributed by atoms with van der Waals surface area (Å²) < 4.78 is 0. The van der Waals surface area contributed by atoms with Crippen molar-refractivity contribution < 1.29 is 4.79 Å². The molecule has 1 heterocycles. The number of nitrogens with zero attached hydrogens (tertiary/aromatic N) is 1. The molecular weight excluding hydrogens is 260 g/mol. The Hall–Kier alpha value is -1.06. The topological polar surface area (TPSA) is 46.3 Å². The van der Waals surface area contributed by atoms with Gasteiger partial charge in [-0.25, -0.2) is 0 Å². The van der Waals surface area contributed by atoms with Crippen molar-refractivity contribution in [3.8, 4) is 0 Å². The fourth-order valence-electron chi connectivity index (χ4n) is 3.02. The molecule has 0 spiro atoms. The van der Waals surface area contributed by atoms with Crippen molar-refractivity contribution in [2.75, 3.05) is 19.6 Å². The molecule has 3 nitrogen and oxygen atoms in total. The number of nitrogens with two attached hydrogens (primary N) is 1. The lowest BCUT2D eigenvalue weighted by molar-refractivity contribution is -0.133. The number of carbonyl (C=O) groups is 1. The van der Waals surface area contributed by atoms with Crippen molar-refractivity contribution in [1.82, 2.24) is 4.90 Å². The molecule has 0 unspecified atom stereocenters. The van der Waals surface area contributed by atoms with Crippen molar-refractivity contribution in [1.29, 1.82) is 0 Å². The fourth-order valence-corrected chi connectivity index (χ4v) is 3.02. The third-order valence-corrected chi connectivity index (χ3v) is 4.39. The lowest BCUT2D eigenvalue weighted by Crippen LogP contribution is -2.38. The number of rotatable bonds is 3. The lowest BCUT2D eigenvalue weighted by Gasteiger charge is -2.23. The molecule has 2 aliphatic rings. The van der Waals surface area contributed by atoms with E-state index in [1.54, 1.807) is 0 Å². The van der Waals surface area contributed by atoms with Gasteiger partial charge >= 0.3 is 0 Å². The maximum absolute atomic E-state index is 12.7. The Morgan fingerprint density at radius 3 is 2.53 bits per heavy atom. The van der Waals surface area contributed by atoms with E-state index in [9.17, 15) is 4.79 Å². The molecule has 1 aromatic carbocycles. The second-order valence-electron chi connectivity index (χ2n) is 5.59. The summed E-state index contributed by atoms with van der Waals surface area (Å²) in [5, 5.41) is 0. The van der Waals surface area contributed by atoms with Crippen molar-refractivity contribution in [3.63, 3.8) is 0 Å². The number of hydrogen-bond donors (Lipinski definition) is 1. The molecule has 1 aliphatic heterocycles. The molecule has 1 atom stereocenters. The van der Waals surface area contributed by atoms with Gasteiger partial charge in [-0.05, 0) is 37.3 Å². The highest BCUT2D eigenvalue weighted by Crippen LogP contribution is 2.50. The minimum Gasteiger partial charge on any atom is -0.342 e. The molecule has 1 saturated heterocycles. The van der Waals surface area contributed by atoms with Crippen LogP contribution in [-0.2, 0) is 10.2 Å². The fraction of sp³-hybridized carbons (Fsp3) is 0.533. The van der Waals surface area contributed by atoms with Crippen LogP contribution in [0.25, 0.3) is 0 Å². The molecule has 0 aromatic heterocycles. The number of benzene rings is 1. The summed E-state index contributed by atoms with van der Waals surface area (Å²) in [6, 6.07) is 10.2. The highest BCUT2D eigenvalue weighted by molar-refractivity contribution is 5.91. The van der Waals surface area contributed by atoms with Gasteiger partial charge in [0.25, 0.3) is 0 Å². The second kappa shape index (κ2) is 5.51. The lowest BCUT2D eigenvalue weighted by atomic mass is 9.94. The Morgan fingerprint density at radius 2 is 2.00 bits per heavy atom. The summed E-state index contributed by atoms with van der Waals surface area (Å²) in [6.07, 6.45) is 3.06. The zero-order chi connectivity index (χ0) is 12.6. The standard InChI is InChI=1S/C15H20N2O.ClH/c16-10-12-6-9-17(11-12)14(18)15(7-8-15)13-4-2-1-3-5-13;/h1-5,12H,6-11,16H2;1H/t12-;/m1./s1. The summed E-state index contributed by atoms with van der Waals surface area (Å²) >= 11 is 0. The number of halogens is 1. The maximum atomic E-state index is 12.7. The maximum Gasteiger partial charge on any atom is 0.233 e. The highest BCUT2D eigenvalue weighted by Gasteiger charge is 2.53. The highest BCUT2D eigenvalue weighted by atomic mass is 35.5. The molecule has 1 aromatic rings. The van der Waals surface area contributed by atoms with Gasteiger partial charge in [-0.2, -0.15) is 0 Å². The van der Waals surface area contributed by atoms with E-state index in [1.165, 1.54) is 5.56 Å². The molecule has 0 bridgehead atoms. The van der Waals surface area contributed by atoms with Crippen LogP contribution in [-0.4, -0.2) is 30.4 Å². The van der Waals surface area contributed by atoms with Gasteiger partial charge in [-0.15, -0.1) is 12.4 Å². The third-order valence-electron chi connectivity index (χ3n) is 4.39. The zero-order valence-electron chi connectivity index (χ0n) is 11.0. The van der Waals surface area contributed by atoms with E-state index in [-0.39, 0.29) is 17.8 Å². The van der Waals surface area contributed by atoms with Gasteiger partial charge in [0.05, 0.1) is 5.41 Å². The second-order valence-corrected chi connectivity index (χ2v) is 5.59. The smallest absolute Gasteiger partial charge is 0.233 e. The van der Waals surface area contributed by atoms with Gasteiger partial charge in [-0.1, -0.05) is 30.3 Å². The van der Waals surface area contributed by atoms with E-state index in [0.29, 0.717) is 18.4 Å². The first-order valence-electron chi connectivity index (χ1n) is 6.81. The molecular formula is C15H21ClN2O. The Balaban J connectivity index is 0.00000133. The first kappa shape index (κ1) is 14.4. The quantitative estimate of drug-likeness (QED) is 0.920. The summed E-state index contributed by atoms with van der Waals surface area (Å²) in [4.78, 5) is 14.7.